The van der Waals surface area contributed by atoms with Crippen molar-refractivity contribution in [3.63, 3.8) is 0 Å². The average molecular weight is 361 g/mol. The Hall–Kier alpha value is -3.29. The lowest BCUT2D eigenvalue weighted by Crippen LogP contribution is -2.33. The van der Waals surface area contributed by atoms with Crippen LogP contribution in [0.5, 0.6) is 5.75 Å². The lowest BCUT2D eigenvalue weighted by atomic mass is 10.1. The topological polar surface area (TPSA) is 79.8 Å². The number of amides is 2. The first kappa shape index (κ1) is 19.0. The Labute approximate surface area is 148 Å². The minimum Gasteiger partial charge on any atom is -0.434 e. The highest BCUT2D eigenvalue weighted by molar-refractivity contribution is 6.39. The highest BCUT2D eigenvalue weighted by Gasteiger charge is 2.15. The van der Waals surface area contributed by atoms with E-state index in [9.17, 15) is 18.4 Å². The van der Waals surface area contributed by atoms with Gasteiger partial charge in [-0.1, -0.05) is 29.8 Å². The van der Waals surface area contributed by atoms with Crippen LogP contribution in [-0.2, 0) is 9.59 Å². The Balaban J connectivity index is 2.02. The zero-order valence-electron chi connectivity index (χ0n) is 14.1. The third kappa shape index (κ3) is 5.37. The second kappa shape index (κ2) is 8.70. The predicted molar refractivity (Wildman–Crippen MR) is 93.2 cm³/mol. The summed E-state index contributed by atoms with van der Waals surface area (Å²) in [5.41, 5.74) is 4.04. The standard InChI is InChI=1S/C18H17F2N3O3/c1-11-7-9-13(10-8-11)21-16(24)17(25)23-22-12(2)14-5-3-4-6-15(14)26-18(19)20/h3-10,18H,1-2H3,(H,21,24)(H,23,25)/b22-12-. The number of nitrogens with zero attached hydrogens (tertiary/aromatic N) is 1. The van der Waals surface area contributed by atoms with Crippen LogP contribution in [0.15, 0.2) is 53.6 Å². The largest absolute Gasteiger partial charge is 0.434 e. The van der Waals surface area contributed by atoms with E-state index >= 15 is 0 Å². The minimum absolute atomic E-state index is 0.0814. The molecule has 0 atom stereocenters. The molecule has 26 heavy (non-hydrogen) atoms. The molecule has 0 aromatic heterocycles. The molecule has 0 radical (unpaired) electrons. The lowest BCUT2D eigenvalue weighted by Gasteiger charge is -2.10. The van der Waals surface area contributed by atoms with Gasteiger partial charge in [0.2, 0.25) is 0 Å². The number of hydrogen-bond donors (Lipinski definition) is 2. The van der Waals surface area contributed by atoms with Crippen LogP contribution in [0, 0.1) is 6.92 Å². The van der Waals surface area contributed by atoms with E-state index in [4.69, 9.17) is 0 Å². The summed E-state index contributed by atoms with van der Waals surface area (Å²) in [6, 6.07) is 12.9. The second-order valence-electron chi connectivity index (χ2n) is 5.33. The van der Waals surface area contributed by atoms with Crippen molar-refractivity contribution in [2.45, 2.75) is 20.5 Å². The van der Waals surface area contributed by atoms with Crippen molar-refractivity contribution in [1.82, 2.24) is 5.43 Å². The van der Waals surface area contributed by atoms with E-state index in [1.165, 1.54) is 25.1 Å². The quantitative estimate of drug-likeness (QED) is 0.488. The summed E-state index contributed by atoms with van der Waals surface area (Å²) in [6.45, 7) is 0.399. The maximum Gasteiger partial charge on any atom is 0.387 e. The Morgan fingerprint density at radius 3 is 2.35 bits per heavy atom. The van der Waals surface area contributed by atoms with Crippen LogP contribution in [0.25, 0.3) is 0 Å². The molecule has 0 aliphatic heterocycles. The Morgan fingerprint density at radius 2 is 1.69 bits per heavy atom. The highest BCUT2D eigenvalue weighted by Crippen LogP contribution is 2.20. The number of carbonyl (C=O) groups is 2. The van der Waals surface area contributed by atoms with Crippen molar-refractivity contribution in [3.05, 3.63) is 59.7 Å². The van der Waals surface area contributed by atoms with Crippen LogP contribution >= 0.6 is 0 Å². The molecule has 0 aliphatic rings. The molecule has 0 saturated carbocycles. The monoisotopic (exact) mass is 361 g/mol. The van der Waals surface area contributed by atoms with Crippen molar-refractivity contribution in [3.8, 4) is 5.75 Å². The smallest absolute Gasteiger partial charge is 0.387 e. The van der Waals surface area contributed by atoms with Crippen LogP contribution < -0.4 is 15.5 Å². The number of aryl methyl sites for hydroxylation is 1. The number of anilines is 1. The van der Waals surface area contributed by atoms with Gasteiger partial charge in [-0.3, -0.25) is 9.59 Å². The van der Waals surface area contributed by atoms with Gasteiger partial charge in [0.05, 0.1) is 5.71 Å². The lowest BCUT2D eigenvalue weighted by molar-refractivity contribution is -0.136. The Kier molecular flexibility index (Phi) is 6.37. The molecule has 2 N–H and O–H groups in total. The van der Waals surface area contributed by atoms with Crippen LogP contribution in [-0.4, -0.2) is 24.1 Å². The molecule has 136 valence electrons. The van der Waals surface area contributed by atoms with Gasteiger partial charge in [-0.25, -0.2) is 5.43 Å². The molecular weight excluding hydrogens is 344 g/mol. The first-order valence-electron chi connectivity index (χ1n) is 7.63. The number of rotatable bonds is 5. The Morgan fingerprint density at radius 1 is 1.04 bits per heavy atom. The van der Waals surface area contributed by atoms with Crippen molar-refractivity contribution >= 4 is 23.2 Å². The van der Waals surface area contributed by atoms with Crippen molar-refractivity contribution in [2.24, 2.45) is 5.10 Å². The van der Waals surface area contributed by atoms with E-state index in [1.54, 1.807) is 30.3 Å². The molecule has 0 fully saturated rings. The fourth-order valence-corrected chi connectivity index (χ4v) is 2.03. The fraction of sp³-hybridized carbons (Fsp3) is 0.167. The maximum atomic E-state index is 12.4. The SMILES string of the molecule is C/C(=N/NC(=O)C(=O)Nc1ccc(C)cc1)c1ccccc1OC(F)F. The maximum absolute atomic E-state index is 12.4. The van der Waals surface area contributed by atoms with Crippen LogP contribution in [0.2, 0.25) is 0 Å². The number of para-hydroxylation sites is 1. The number of benzene rings is 2. The molecule has 2 aromatic carbocycles. The zero-order chi connectivity index (χ0) is 19.1. The number of halogens is 2. The summed E-state index contributed by atoms with van der Waals surface area (Å²) >= 11 is 0. The first-order valence-corrected chi connectivity index (χ1v) is 7.63. The molecule has 6 nitrogen and oxygen atoms in total. The summed E-state index contributed by atoms with van der Waals surface area (Å²) in [5, 5.41) is 6.20. The highest BCUT2D eigenvalue weighted by atomic mass is 19.3. The third-order valence-corrected chi connectivity index (χ3v) is 3.33. The number of ether oxygens (including phenoxy) is 1. The van der Waals surface area contributed by atoms with E-state index in [1.807, 2.05) is 6.92 Å². The van der Waals surface area contributed by atoms with Gasteiger partial charge in [0.15, 0.2) is 0 Å². The average Bonchev–Trinajstić information content (AvgIpc) is 2.61. The number of carbonyl (C=O) groups excluding carboxylic acids is 2. The van der Waals surface area contributed by atoms with Gasteiger partial charge < -0.3 is 10.1 Å². The van der Waals surface area contributed by atoms with Crippen molar-refractivity contribution in [2.75, 3.05) is 5.32 Å². The van der Waals surface area contributed by atoms with Gasteiger partial charge in [-0.05, 0) is 38.1 Å². The van der Waals surface area contributed by atoms with E-state index in [0.717, 1.165) is 5.56 Å². The van der Waals surface area contributed by atoms with Gasteiger partial charge in [-0.2, -0.15) is 13.9 Å². The summed E-state index contributed by atoms with van der Waals surface area (Å²) < 4.78 is 29.3. The fourth-order valence-electron chi connectivity index (χ4n) is 2.03. The van der Waals surface area contributed by atoms with Gasteiger partial charge in [-0.15, -0.1) is 0 Å². The van der Waals surface area contributed by atoms with Gasteiger partial charge in [0.25, 0.3) is 0 Å². The van der Waals surface area contributed by atoms with Gasteiger partial charge in [0.1, 0.15) is 5.75 Å². The van der Waals surface area contributed by atoms with Crippen molar-refractivity contribution < 1.29 is 23.1 Å². The molecule has 0 unspecified atom stereocenters. The van der Waals surface area contributed by atoms with Crippen LogP contribution in [0.4, 0.5) is 14.5 Å². The molecular formula is C18H17F2N3O3. The normalized spacial score (nSPS) is 11.2. The summed E-state index contributed by atoms with van der Waals surface area (Å²) in [6.07, 6.45) is 0. The van der Waals surface area contributed by atoms with Gasteiger partial charge in [0, 0.05) is 11.3 Å². The Bertz CT molecular complexity index is 821. The second-order valence-corrected chi connectivity index (χ2v) is 5.33. The zero-order valence-corrected chi connectivity index (χ0v) is 14.1. The van der Waals surface area contributed by atoms with Gasteiger partial charge >= 0.3 is 18.4 Å². The number of hydrogen-bond acceptors (Lipinski definition) is 4. The van der Waals surface area contributed by atoms with E-state index in [-0.39, 0.29) is 17.0 Å². The molecule has 0 heterocycles. The number of alkyl halides is 2. The number of hydrazone groups is 1. The van der Waals surface area contributed by atoms with Crippen molar-refractivity contribution in [1.29, 1.82) is 0 Å². The molecule has 0 spiro atoms. The molecule has 0 aliphatic carbocycles. The molecule has 0 bridgehead atoms. The molecule has 8 heteroatoms. The van der Waals surface area contributed by atoms with Crippen LogP contribution in [0.3, 0.4) is 0 Å². The molecule has 2 amide bonds. The van der Waals surface area contributed by atoms with E-state index in [2.05, 4.69) is 20.6 Å². The first-order chi connectivity index (χ1) is 12.4. The molecule has 2 aromatic rings. The third-order valence-electron chi connectivity index (χ3n) is 3.33. The number of nitrogens with one attached hydrogen (secondary N) is 2. The molecule has 2 rings (SSSR count). The van der Waals surface area contributed by atoms with E-state index in [0.29, 0.717) is 5.69 Å². The molecule has 0 saturated heterocycles. The summed E-state index contributed by atoms with van der Waals surface area (Å²) in [5.74, 6) is -1.97. The summed E-state index contributed by atoms with van der Waals surface area (Å²) in [7, 11) is 0. The van der Waals surface area contributed by atoms with Crippen LogP contribution in [0.1, 0.15) is 18.1 Å². The summed E-state index contributed by atoms with van der Waals surface area (Å²) in [4.78, 5) is 23.7. The predicted octanol–water partition coefficient (Wildman–Crippen LogP) is 3.08. The van der Waals surface area contributed by atoms with E-state index < -0.39 is 18.4 Å². The minimum atomic E-state index is -2.99.